The van der Waals surface area contributed by atoms with Gasteiger partial charge in [0.15, 0.2) is 5.96 Å². The van der Waals surface area contributed by atoms with Gasteiger partial charge in [-0.3, -0.25) is 0 Å². The van der Waals surface area contributed by atoms with Crippen LogP contribution in [0.3, 0.4) is 0 Å². The largest absolute Gasteiger partial charge is 0.357 e. The lowest BCUT2D eigenvalue weighted by molar-refractivity contribution is 0.569. The Morgan fingerprint density at radius 1 is 1.15 bits per heavy atom. The molecule has 0 atom stereocenters. The van der Waals surface area contributed by atoms with Crippen LogP contribution in [0.4, 0.5) is 0 Å². The predicted octanol–water partition coefficient (Wildman–Crippen LogP) is 2.60. The summed E-state index contributed by atoms with van der Waals surface area (Å²) in [4.78, 5) is 4.59. The Balaban J connectivity index is 0.00000338. The fraction of sp³-hybridized carbons (Fsp3) is 0.611. The van der Waals surface area contributed by atoms with Gasteiger partial charge < -0.3 is 10.6 Å². The standard InChI is InChI=1S/C18H30N4O2S.HI/c1-4-19-18(20-11-15-5-6-15)21-12-16-7-9-17(10-8-16)13-25(23,24)22-14(2)3;/h7-10,14-15,22H,4-6,11-13H2,1-3H3,(H2,19,20,21);1H. The fourth-order valence-corrected chi connectivity index (χ4v) is 3.87. The lowest BCUT2D eigenvalue weighted by Gasteiger charge is -2.11. The molecule has 148 valence electrons. The third-order valence-corrected chi connectivity index (χ3v) is 5.36. The van der Waals surface area contributed by atoms with Crippen molar-refractivity contribution in [1.82, 2.24) is 15.4 Å². The van der Waals surface area contributed by atoms with E-state index in [1.807, 2.05) is 38.1 Å². The second-order valence-corrected chi connectivity index (χ2v) is 8.62. The van der Waals surface area contributed by atoms with Crippen LogP contribution in [0.15, 0.2) is 29.3 Å². The van der Waals surface area contributed by atoms with Crippen LogP contribution < -0.4 is 15.4 Å². The quantitative estimate of drug-likeness (QED) is 0.280. The number of halogens is 1. The van der Waals surface area contributed by atoms with E-state index in [0.717, 1.165) is 36.1 Å². The summed E-state index contributed by atoms with van der Waals surface area (Å²) in [7, 11) is -3.29. The number of sulfonamides is 1. The average molecular weight is 494 g/mol. The molecule has 6 nitrogen and oxygen atoms in total. The molecule has 8 heteroatoms. The van der Waals surface area contributed by atoms with Crippen molar-refractivity contribution in [2.75, 3.05) is 13.1 Å². The fourth-order valence-electron chi connectivity index (χ4n) is 2.44. The van der Waals surface area contributed by atoms with Crippen molar-refractivity contribution in [1.29, 1.82) is 0 Å². The van der Waals surface area contributed by atoms with Crippen LogP contribution in [0.1, 0.15) is 44.7 Å². The molecule has 3 N–H and O–H groups in total. The van der Waals surface area contributed by atoms with Gasteiger partial charge in [-0.1, -0.05) is 24.3 Å². The minimum Gasteiger partial charge on any atom is -0.357 e. The first kappa shape index (κ1) is 23.2. The Hall–Kier alpha value is -0.870. The van der Waals surface area contributed by atoms with E-state index < -0.39 is 10.0 Å². The van der Waals surface area contributed by atoms with Crippen LogP contribution in [-0.4, -0.2) is 33.5 Å². The molecule has 1 saturated carbocycles. The molecule has 1 aliphatic rings. The van der Waals surface area contributed by atoms with Gasteiger partial charge in [-0.2, -0.15) is 0 Å². The highest BCUT2D eigenvalue weighted by atomic mass is 127. The van der Waals surface area contributed by atoms with Crippen LogP contribution in [0.2, 0.25) is 0 Å². The number of nitrogens with zero attached hydrogens (tertiary/aromatic N) is 1. The van der Waals surface area contributed by atoms with Crippen molar-refractivity contribution in [3.8, 4) is 0 Å². The lowest BCUT2D eigenvalue weighted by atomic mass is 10.1. The van der Waals surface area contributed by atoms with Crippen LogP contribution in [0, 0.1) is 5.92 Å². The maximum absolute atomic E-state index is 12.0. The van der Waals surface area contributed by atoms with E-state index in [2.05, 4.69) is 27.3 Å². The predicted molar refractivity (Wildman–Crippen MR) is 118 cm³/mol. The van der Waals surface area contributed by atoms with E-state index in [9.17, 15) is 8.42 Å². The Kier molecular flexibility index (Phi) is 9.88. The van der Waals surface area contributed by atoms with E-state index in [0.29, 0.717) is 6.54 Å². The molecule has 1 fully saturated rings. The van der Waals surface area contributed by atoms with Gasteiger partial charge in [-0.25, -0.2) is 18.1 Å². The van der Waals surface area contributed by atoms with Gasteiger partial charge in [0, 0.05) is 19.1 Å². The number of nitrogens with one attached hydrogen (secondary N) is 3. The van der Waals surface area contributed by atoms with Crippen molar-refractivity contribution in [2.45, 2.75) is 52.0 Å². The third-order valence-electron chi connectivity index (χ3n) is 3.81. The summed E-state index contributed by atoms with van der Waals surface area (Å²) in [5.41, 5.74) is 1.83. The molecular formula is C18H31IN4O2S. The maximum atomic E-state index is 12.0. The summed E-state index contributed by atoms with van der Waals surface area (Å²) < 4.78 is 26.5. The zero-order valence-electron chi connectivity index (χ0n) is 15.8. The zero-order chi connectivity index (χ0) is 18.3. The summed E-state index contributed by atoms with van der Waals surface area (Å²) in [6.07, 6.45) is 2.62. The number of guanidine groups is 1. The maximum Gasteiger partial charge on any atom is 0.216 e. The molecule has 0 bridgehead atoms. The smallest absolute Gasteiger partial charge is 0.216 e. The first-order valence-electron chi connectivity index (χ1n) is 8.98. The highest BCUT2D eigenvalue weighted by Gasteiger charge is 2.21. The zero-order valence-corrected chi connectivity index (χ0v) is 18.9. The van der Waals surface area contributed by atoms with E-state index in [1.54, 1.807) is 0 Å². The normalized spacial score (nSPS) is 14.8. The van der Waals surface area contributed by atoms with Crippen molar-refractivity contribution >= 4 is 40.0 Å². The molecule has 0 aliphatic heterocycles. The van der Waals surface area contributed by atoms with Gasteiger partial charge in [0.2, 0.25) is 10.0 Å². The van der Waals surface area contributed by atoms with Crippen molar-refractivity contribution in [3.63, 3.8) is 0 Å². The van der Waals surface area contributed by atoms with Crippen molar-refractivity contribution < 1.29 is 8.42 Å². The van der Waals surface area contributed by atoms with Crippen molar-refractivity contribution in [3.05, 3.63) is 35.4 Å². The molecule has 0 radical (unpaired) electrons. The summed E-state index contributed by atoms with van der Waals surface area (Å²) in [5, 5.41) is 6.61. The second kappa shape index (κ2) is 11.1. The van der Waals surface area contributed by atoms with Gasteiger partial charge in [0.25, 0.3) is 0 Å². The molecule has 26 heavy (non-hydrogen) atoms. The molecule has 0 unspecified atom stereocenters. The van der Waals surface area contributed by atoms with E-state index in [-0.39, 0.29) is 35.8 Å². The Morgan fingerprint density at radius 2 is 1.77 bits per heavy atom. The van der Waals surface area contributed by atoms with Crippen LogP contribution in [-0.2, 0) is 22.3 Å². The molecule has 1 aromatic rings. The Labute approximate surface area is 174 Å². The number of rotatable bonds is 9. The lowest BCUT2D eigenvalue weighted by Crippen LogP contribution is -2.38. The molecule has 2 rings (SSSR count). The molecule has 1 aromatic carbocycles. The highest BCUT2D eigenvalue weighted by molar-refractivity contribution is 14.0. The summed E-state index contributed by atoms with van der Waals surface area (Å²) >= 11 is 0. The van der Waals surface area contributed by atoms with Crippen molar-refractivity contribution in [2.24, 2.45) is 10.9 Å². The van der Waals surface area contributed by atoms with E-state index in [4.69, 9.17) is 0 Å². The third kappa shape index (κ3) is 9.18. The number of aliphatic imine (C=N–C) groups is 1. The first-order valence-corrected chi connectivity index (χ1v) is 10.6. The summed E-state index contributed by atoms with van der Waals surface area (Å²) in [6.45, 7) is 8.06. The van der Waals surface area contributed by atoms with Crippen LogP contribution >= 0.6 is 24.0 Å². The molecular weight excluding hydrogens is 463 g/mol. The van der Waals surface area contributed by atoms with Gasteiger partial charge in [-0.05, 0) is 50.7 Å². The number of hydrogen-bond acceptors (Lipinski definition) is 3. The highest BCUT2D eigenvalue weighted by Crippen LogP contribution is 2.27. The van der Waals surface area contributed by atoms with E-state index >= 15 is 0 Å². The minimum absolute atomic E-state index is 0. The molecule has 0 spiro atoms. The SMILES string of the molecule is CCNC(=NCc1ccc(CS(=O)(=O)NC(C)C)cc1)NCC1CC1.I. The van der Waals surface area contributed by atoms with Crippen LogP contribution in [0.5, 0.6) is 0 Å². The number of hydrogen-bond donors (Lipinski definition) is 3. The topological polar surface area (TPSA) is 82.6 Å². The second-order valence-electron chi connectivity index (χ2n) is 6.87. The van der Waals surface area contributed by atoms with E-state index in [1.165, 1.54) is 12.8 Å². The molecule has 1 aliphatic carbocycles. The van der Waals surface area contributed by atoms with Gasteiger partial charge in [0.1, 0.15) is 0 Å². The van der Waals surface area contributed by atoms with Crippen LogP contribution in [0.25, 0.3) is 0 Å². The molecule has 0 aromatic heterocycles. The van der Waals surface area contributed by atoms with Gasteiger partial charge in [0.05, 0.1) is 12.3 Å². The van der Waals surface area contributed by atoms with Gasteiger partial charge in [-0.15, -0.1) is 24.0 Å². The first-order chi connectivity index (χ1) is 11.9. The Morgan fingerprint density at radius 3 is 2.31 bits per heavy atom. The van der Waals surface area contributed by atoms with Gasteiger partial charge >= 0.3 is 0 Å². The molecule has 0 amide bonds. The molecule has 0 heterocycles. The monoisotopic (exact) mass is 494 g/mol. The minimum atomic E-state index is -3.29. The summed E-state index contributed by atoms with van der Waals surface area (Å²) in [6, 6.07) is 7.50. The number of benzene rings is 1. The average Bonchev–Trinajstić information content (AvgIpc) is 3.34. The summed E-state index contributed by atoms with van der Waals surface area (Å²) in [5.74, 6) is 1.63. The molecule has 0 saturated heterocycles. The Bertz CT molecular complexity index is 671.